The number of rotatable bonds is 9. The predicted octanol–water partition coefficient (Wildman–Crippen LogP) is 2.24. The van der Waals surface area contributed by atoms with Crippen LogP contribution in [0.25, 0.3) is 6.08 Å². The van der Waals surface area contributed by atoms with Crippen LogP contribution >= 0.6 is 0 Å². The van der Waals surface area contributed by atoms with E-state index in [4.69, 9.17) is 0 Å². The lowest BCUT2D eigenvalue weighted by atomic mass is 10.2. The van der Waals surface area contributed by atoms with Gasteiger partial charge in [-0.2, -0.15) is 0 Å². The lowest BCUT2D eigenvalue weighted by Gasteiger charge is -2.07. The topological polar surface area (TPSA) is 104 Å². The van der Waals surface area contributed by atoms with E-state index in [1.807, 2.05) is 18.2 Å². The van der Waals surface area contributed by atoms with Gasteiger partial charge in [0.1, 0.15) is 0 Å². The summed E-state index contributed by atoms with van der Waals surface area (Å²) < 4.78 is 26.2. The van der Waals surface area contributed by atoms with Gasteiger partial charge in [0.05, 0.1) is 0 Å². The zero-order valence-corrected chi connectivity index (χ0v) is 16.3. The van der Waals surface area contributed by atoms with Crippen LogP contribution in [0.3, 0.4) is 0 Å². The number of sulfonamides is 1. The van der Waals surface area contributed by atoms with Crippen molar-refractivity contribution < 1.29 is 18.0 Å². The monoisotopic (exact) mass is 401 g/mol. The summed E-state index contributed by atoms with van der Waals surface area (Å²) in [4.78, 5) is 22.8. The van der Waals surface area contributed by atoms with Crippen LogP contribution < -0.4 is 15.4 Å². The van der Waals surface area contributed by atoms with E-state index in [-0.39, 0.29) is 24.8 Å². The Bertz CT molecular complexity index is 924. The lowest BCUT2D eigenvalue weighted by molar-refractivity contribution is -0.121. The average molecular weight is 401 g/mol. The minimum absolute atomic E-state index is 0.00870. The van der Waals surface area contributed by atoms with Crippen LogP contribution in [0.4, 0.5) is 5.69 Å². The Labute approximate surface area is 164 Å². The number of anilines is 1. The van der Waals surface area contributed by atoms with Crippen molar-refractivity contribution in [2.24, 2.45) is 0 Å². The van der Waals surface area contributed by atoms with Crippen molar-refractivity contribution in [3.05, 3.63) is 71.1 Å². The minimum Gasteiger partial charge on any atom is -0.352 e. The van der Waals surface area contributed by atoms with Crippen molar-refractivity contribution in [3.63, 3.8) is 0 Å². The van der Waals surface area contributed by atoms with Crippen molar-refractivity contribution in [1.29, 1.82) is 0 Å². The van der Waals surface area contributed by atoms with Crippen LogP contribution in [0, 0.1) is 0 Å². The van der Waals surface area contributed by atoms with Crippen LogP contribution in [0.5, 0.6) is 0 Å². The summed E-state index contributed by atoms with van der Waals surface area (Å²) in [5.41, 5.74) is 2.32. The van der Waals surface area contributed by atoms with Gasteiger partial charge in [-0.15, -0.1) is 0 Å². The fourth-order valence-electron chi connectivity index (χ4n) is 2.29. The normalized spacial score (nSPS) is 11.3. The number of hydrogen-bond acceptors (Lipinski definition) is 4. The molecule has 2 rings (SSSR count). The molecule has 3 N–H and O–H groups in total. The molecule has 0 aromatic heterocycles. The van der Waals surface area contributed by atoms with Crippen molar-refractivity contribution in [1.82, 2.24) is 10.0 Å². The molecule has 0 fully saturated rings. The highest BCUT2D eigenvalue weighted by Crippen LogP contribution is 2.09. The standard InChI is InChI=1S/C20H23N3O4S/c1-16(24)23-19-9-7-18(8-10-19)15-21-20(25)11-13-22-28(26,27)14-12-17-5-3-2-4-6-17/h2-10,12,14,22H,11,13,15H2,1H3,(H,21,25)(H,23,24)/b14-12+. The zero-order valence-electron chi connectivity index (χ0n) is 15.5. The van der Waals surface area contributed by atoms with Crippen LogP contribution in [0.2, 0.25) is 0 Å². The highest BCUT2D eigenvalue weighted by Gasteiger charge is 2.07. The molecule has 2 aromatic carbocycles. The molecule has 0 aliphatic carbocycles. The molecule has 0 saturated heterocycles. The largest absolute Gasteiger partial charge is 0.352 e. The summed E-state index contributed by atoms with van der Waals surface area (Å²) in [7, 11) is -3.60. The number of amides is 2. The maximum Gasteiger partial charge on any atom is 0.233 e. The summed E-state index contributed by atoms with van der Waals surface area (Å²) >= 11 is 0. The first-order chi connectivity index (χ1) is 13.3. The summed E-state index contributed by atoms with van der Waals surface area (Å²) in [5, 5.41) is 6.47. The molecular formula is C20H23N3O4S. The molecule has 0 aliphatic rings. The van der Waals surface area contributed by atoms with E-state index < -0.39 is 10.0 Å². The Balaban J connectivity index is 1.72. The maximum absolute atomic E-state index is 11.9. The average Bonchev–Trinajstić information content (AvgIpc) is 2.66. The Morgan fingerprint density at radius 2 is 1.68 bits per heavy atom. The lowest BCUT2D eigenvalue weighted by Crippen LogP contribution is -2.29. The molecule has 2 amide bonds. The van der Waals surface area contributed by atoms with E-state index in [0.29, 0.717) is 12.2 Å². The Kier molecular flexibility index (Phi) is 7.91. The molecule has 0 aliphatic heterocycles. The molecular weight excluding hydrogens is 378 g/mol. The summed E-state index contributed by atoms with van der Waals surface area (Å²) in [6, 6.07) is 16.1. The number of hydrogen-bond donors (Lipinski definition) is 3. The van der Waals surface area contributed by atoms with Gasteiger partial charge in [-0.05, 0) is 29.3 Å². The van der Waals surface area contributed by atoms with Gasteiger partial charge in [0.15, 0.2) is 0 Å². The summed E-state index contributed by atoms with van der Waals surface area (Å²) in [6.45, 7) is 1.76. The highest BCUT2D eigenvalue weighted by molar-refractivity contribution is 7.92. The van der Waals surface area contributed by atoms with E-state index in [1.165, 1.54) is 13.0 Å². The van der Waals surface area contributed by atoms with E-state index in [9.17, 15) is 18.0 Å². The van der Waals surface area contributed by atoms with Crippen molar-refractivity contribution in [3.8, 4) is 0 Å². The number of nitrogens with one attached hydrogen (secondary N) is 3. The Morgan fingerprint density at radius 3 is 2.32 bits per heavy atom. The van der Waals surface area contributed by atoms with Crippen molar-refractivity contribution in [2.45, 2.75) is 19.9 Å². The van der Waals surface area contributed by atoms with Gasteiger partial charge in [0.25, 0.3) is 0 Å². The molecule has 0 spiro atoms. The zero-order chi connectivity index (χ0) is 20.4. The predicted molar refractivity (Wildman–Crippen MR) is 110 cm³/mol. The van der Waals surface area contributed by atoms with Crippen LogP contribution in [0.1, 0.15) is 24.5 Å². The Hall–Kier alpha value is -2.97. The molecule has 7 nitrogen and oxygen atoms in total. The highest BCUT2D eigenvalue weighted by atomic mass is 32.2. The molecule has 0 heterocycles. The van der Waals surface area contributed by atoms with Crippen LogP contribution in [0.15, 0.2) is 60.0 Å². The molecule has 28 heavy (non-hydrogen) atoms. The maximum atomic E-state index is 11.9. The number of carbonyl (C=O) groups excluding carboxylic acids is 2. The van der Waals surface area contributed by atoms with E-state index in [1.54, 1.807) is 36.4 Å². The van der Waals surface area contributed by atoms with Gasteiger partial charge in [-0.3, -0.25) is 9.59 Å². The second-order valence-electron chi connectivity index (χ2n) is 6.06. The van der Waals surface area contributed by atoms with E-state index >= 15 is 0 Å². The summed E-state index contributed by atoms with van der Waals surface area (Å²) in [5.74, 6) is -0.414. The Morgan fingerprint density at radius 1 is 1.00 bits per heavy atom. The first kappa shape index (κ1) is 21.3. The van der Waals surface area contributed by atoms with Crippen LogP contribution in [-0.4, -0.2) is 26.8 Å². The van der Waals surface area contributed by atoms with E-state index in [2.05, 4.69) is 15.4 Å². The fraction of sp³-hybridized carbons (Fsp3) is 0.200. The third-order valence-electron chi connectivity index (χ3n) is 3.66. The SMILES string of the molecule is CC(=O)Nc1ccc(CNC(=O)CCNS(=O)(=O)/C=C/c2ccccc2)cc1. The molecule has 8 heteroatoms. The number of benzene rings is 2. The minimum atomic E-state index is -3.60. The third-order valence-corrected chi connectivity index (χ3v) is 4.76. The van der Waals surface area contributed by atoms with Gasteiger partial charge < -0.3 is 10.6 Å². The molecule has 2 aromatic rings. The molecule has 0 atom stereocenters. The second-order valence-corrected chi connectivity index (χ2v) is 7.71. The van der Waals surface area contributed by atoms with Crippen molar-refractivity contribution >= 4 is 33.6 Å². The molecule has 0 unspecified atom stereocenters. The first-order valence-corrected chi connectivity index (χ1v) is 10.2. The second kappa shape index (κ2) is 10.4. The van der Waals surface area contributed by atoms with Gasteiger partial charge in [-0.1, -0.05) is 42.5 Å². The first-order valence-electron chi connectivity index (χ1n) is 8.70. The van der Waals surface area contributed by atoms with Gasteiger partial charge in [0.2, 0.25) is 21.8 Å². The number of carbonyl (C=O) groups is 2. The molecule has 0 saturated carbocycles. The fourth-order valence-corrected chi connectivity index (χ4v) is 3.10. The van der Waals surface area contributed by atoms with Crippen molar-refractivity contribution in [2.75, 3.05) is 11.9 Å². The van der Waals surface area contributed by atoms with Gasteiger partial charge >= 0.3 is 0 Å². The molecule has 148 valence electrons. The third kappa shape index (κ3) is 8.15. The van der Waals surface area contributed by atoms with Crippen LogP contribution in [-0.2, 0) is 26.2 Å². The quantitative estimate of drug-likeness (QED) is 0.599. The van der Waals surface area contributed by atoms with Gasteiger partial charge in [0, 0.05) is 37.5 Å². The molecule has 0 bridgehead atoms. The van der Waals surface area contributed by atoms with Gasteiger partial charge in [-0.25, -0.2) is 13.1 Å². The summed E-state index contributed by atoms with van der Waals surface area (Å²) in [6.07, 6.45) is 1.52. The smallest absolute Gasteiger partial charge is 0.233 e. The van der Waals surface area contributed by atoms with E-state index in [0.717, 1.165) is 16.5 Å². The molecule has 0 radical (unpaired) electrons.